The number of rotatable bonds is 24. The van der Waals surface area contributed by atoms with Crippen LogP contribution in [0.4, 0.5) is 4.79 Å². The molecule has 0 aliphatic rings. The summed E-state index contributed by atoms with van der Waals surface area (Å²) in [7, 11) is -2.77. The van der Waals surface area contributed by atoms with E-state index in [1.165, 1.54) is 6.07 Å². The minimum absolute atomic E-state index is 0.0190. The third-order valence-electron chi connectivity index (χ3n) is 9.95. The molecule has 15 heteroatoms. The number of carbonyl (C=O) groups is 2. The van der Waals surface area contributed by atoms with Crippen LogP contribution >= 0.6 is 0 Å². The predicted molar refractivity (Wildman–Crippen MR) is 250 cm³/mol. The second kappa shape index (κ2) is 24.5. The Hall–Kier alpha value is -6.49. The Labute approximate surface area is 381 Å². The first-order valence-electron chi connectivity index (χ1n) is 21.9. The quantitative estimate of drug-likeness (QED) is 0.0335. The highest BCUT2D eigenvalue weighted by Gasteiger charge is 2.39. The number of nitrogens with one attached hydrogen (secondary N) is 1. The monoisotopic (exact) mass is 900 g/mol. The Balaban J connectivity index is 1.01. The van der Waals surface area contributed by atoms with Gasteiger partial charge in [-0.3, -0.25) is 0 Å². The van der Waals surface area contributed by atoms with Crippen molar-refractivity contribution in [3.05, 3.63) is 127 Å². The summed E-state index contributed by atoms with van der Waals surface area (Å²) < 4.78 is 39.3. The van der Waals surface area contributed by atoms with Crippen molar-refractivity contribution in [3.8, 4) is 67.9 Å². The molecule has 0 aliphatic heterocycles. The summed E-state index contributed by atoms with van der Waals surface area (Å²) in [6.07, 6.45) is -0.957. The van der Waals surface area contributed by atoms with Crippen molar-refractivity contribution in [2.24, 2.45) is 0 Å². The Morgan fingerprint density at radius 3 is 1.58 bits per heavy atom. The third kappa shape index (κ3) is 14.0. The van der Waals surface area contributed by atoms with Crippen LogP contribution in [-0.2, 0) is 32.3 Å². The van der Waals surface area contributed by atoms with E-state index < -0.39 is 27.0 Å². The molecule has 1 unspecified atom stereocenters. The van der Waals surface area contributed by atoms with Crippen LogP contribution in [0.1, 0.15) is 34.1 Å². The molecule has 6 aromatic rings. The Morgan fingerprint density at radius 1 is 0.600 bits per heavy atom. The molecule has 6 rings (SSSR count). The number of benzene rings is 5. The summed E-state index contributed by atoms with van der Waals surface area (Å²) in [5.74, 6) is 0.592. The van der Waals surface area contributed by atoms with Crippen LogP contribution in [-0.4, -0.2) is 99.8 Å². The maximum absolute atomic E-state index is 12.8. The van der Waals surface area contributed by atoms with Crippen molar-refractivity contribution in [2.75, 3.05) is 52.8 Å². The molecule has 0 saturated heterocycles. The molecular weight excluding hydrogens is 845 g/mol. The zero-order chi connectivity index (χ0) is 45.9. The number of phenolic OH excluding ortho intramolecular Hbond substituents is 1. The standard InChI is InChI=1S/C50H56N4O10Si/c1-5-61-65(62-6-2,63-7-3)34-14-29-51-50(57)60-33-31-58-30-32-59-49(56)36(4)64-43-27-28-44(45(55)35-43)48-53-46(41-23-19-39(20-24-41)37-15-10-8-11-16-37)52-47(54-48)42-25-21-40(22-26-42)38-17-12-9-13-18-38/h8-13,15-28,35-36,55H,5-7,14,29-34H2,1-4H3,(H,51,57). The second-order valence-corrected chi connectivity index (χ2v) is 17.3. The molecule has 0 aliphatic carbocycles. The molecule has 0 spiro atoms. The van der Waals surface area contributed by atoms with Gasteiger partial charge in [0.25, 0.3) is 0 Å². The molecule has 2 N–H and O–H groups in total. The fraction of sp³-hybridized carbons (Fsp3) is 0.300. The first-order valence-corrected chi connectivity index (χ1v) is 23.8. The predicted octanol–water partition coefficient (Wildman–Crippen LogP) is 9.40. The van der Waals surface area contributed by atoms with Gasteiger partial charge in [0.15, 0.2) is 23.6 Å². The van der Waals surface area contributed by atoms with Crippen LogP contribution < -0.4 is 10.1 Å². The highest BCUT2D eigenvalue weighted by molar-refractivity contribution is 6.60. The lowest BCUT2D eigenvalue weighted by molar-refractivity contribution is -0.152. The van der Waals surface area contributed by atoms with Crippen LogP contribution in [0.5, 0.6) is 11.5 Å². The number of alkyl carbamates (subject to hydrolysis) is 1. The first kappa shape index (κ1) is 48.0. The van der Waals surface area contributed by atoms with Gasteiger partial charge in [0.2, 0.25) is 0 Å². The van der Waals surface area contributed by atoms with Gasteiger partial charge in [-0.1, -0.05) is 109 Å². The van der Waals surface area contributed by atoms with Crippen molar-refractivity contribution in [1.29, 1.82) is 0 Å². The molecule has 1 amide bonds. The van der Waals surface area contributed by atoms with Crippen LogP contribution in [0, 0.1) is 0 Å². The average Bonchev–Trinajstić information content (AvgIpc) is 3.33. The van der Waals surface area contributed by atoms with Crippen molar-refractivity contribution >= 4 is 20.9 Å². The second-order valence-electron chi connectivity index (χ2n) is 14.6. The molecule has 1 heterocycles. The van der Waals surface area contributed by atoms with Crippen molar-refractivity contribution in [1.82, 2.24) is 20.3 Å². The van der Waals surface area contributed by atoms with Gasteiger partial charge in [-0.25, -0.2) is 24.5 Å². The minimum atomic E-state index is -2.77. The van der Waals surface area contributed by atoms with E-state index in [1.54, 1.807) is 19.1 Å². The van der Waals surface area contributed by atoms with Gasteiger partial charge >= 0.3 is 20.9 Å². The summed E-state index contributed by atoms with van der Waals surface area (Å²) in [6.45, 7) is 9.26. The molecule has 0 saturated carbocycles. The molecule has 0 bridgehead atoms. The molecule has 1 atom stereocenters. The molecule has 5 aromatic carbocycles. The van der Waals surface area contributed by atoms with Crippen LogP contribution in [0.2, 0.25) is 6.04 Å². The van der Waals surface area contributed by atoms with Gasteiger partial charge in [0.05, 0.1) is 18.8 Å². The molecular formula is C50H56N4O10Si. The number of aromatic nitrogens is 3. The number of esters is 1. The van der Waals surface area contributed by atoms with Crippen LogP contribution in [0.25, 0.3) is 56.4 Å². The number of amides is 1. The van der Waals surface area contributed by atoms with E-state index in [0.29, 0.717) is 56.0 Å². The minimum Gasteiger partial charge on any atom is -0.507 e. The van der Waals surface area contributed by atoms with Crippen LogP contribution in [0.3, 0.4) is 0 Å². The maximum Gasteiger partial charge on any atom is 0.500 e. The summed E-state index contributed by atoms with van der Waals surface area (Å²) in [4.78, 5) is 39.3. The molecule has 65 heavy (non-hydrogen) atoms. The number of hydrogen-bond donors (Lipinski definition) is 2. The average molecular weight is 901 g/mol. The SMILES string of the molecule is CCO[Si](CCCNC(=O)OCCOCCOC(=O)C(C)Oc1ccc(-c2nc(-c3ccc(-c4ccccc4)cc3)nc(-c3ccc(-c4ccccc4)cc3)n2)c(O)c1)(OCC)OCC. The van der Waals surface area contributed by atoms with Gasteiger partial charge in [-0.15, -0.1) is 0 Å². The topological polar surface area (TPSA) is 170 Å². The van der Waals surface area contributed by atoms with Crippen molar-refractivity contribution in [3.63, 3.8) is 0 Å². The van der Waals surface area contributed by atoms with E-state index in [-0.39, 0.29) is 43.8 Å². The highest BCUT2D eigenvalue weighted by atomic mass is 28.4. The van der Waals surface area contributed by atoms with Gasteiger partial charge in [-0.2, -0.15) is 0 Å². The molecule has 0 radical (unpaired) electrons. The van der Waals surface area contributed by atoms with Gasteiger partial charge < -0.3 is 42.6 Å². The normalized spacial score (nSPS) is 11.8. The fourth-order valence-electron chi connectivity index (χ4n) is 6.83. The zero-order valence-corrected chi connectivity index (χ0v) is 38.2. The highest BCUT2D eigenvalue weighted by Crippen LogP contribution is 2.34. The van der Waals surface area contributed by atoms with Gasteiger partial charge in [0.1, 0.15) is 24.7 Å². The number of carbonyl (C=O) groups excluding carboxylic acids is 2. The number of aromatic hydroxyl groups is 1. The van der Waals surface area contributed by atoms with Crippen LogP contribution in [0.15, 0.2) is 127 Å². The van der Waals surface area contributed by atoms with E-state index in [2.05, 4.69) is 29.6 Å². The van der Waals surface area contributed by atoms with E-state index in [9.17, 15) is 14.7 Å². The Kier molecular flexibility index (Phi) is 18.1. The van der Waals surface area contributed by atoms with E-state index in [4.69, 9.17) is 47.2 Å². The summed E-state index contributed by atoms with van der Waals surface area (Å²) in [5.41, 5.74) is 6.20. The molecule has 14 nitrogen and oxygen atoms in total. The Bertz CT molecular complexity index is 2290. The maximum atomic E-state index is 12.8. The van der Waals surface area contributed by atoms with Gasteiger partial charge in [-0.05, 0) is 68.5 Å². The van der Waals surface area contributed by atoms with Gasteiger partial charge in [0, 0.05) is 49.6 Å². The van der Waals surface area contributed by atoms with E-state index >= 15 is 0 Å². The lowest BCUT2D eigenvalue weighted by Crippen LogP contribution is -2.46. The van der Waals surface area contributed by atoms with E-state index in [0.717, 1.165) is 33.4 Å². The van der Waals surface area contributed by atoms with E-state index in [1.807, 2.05) is 106 Å². The lowest BCUT2D eigenvalue weighted by Gasteiger charge is -2.28. The number of nitrogens with zero attached hydrogens (tertiary/aromatic N) is 3. The number of ether oxygens (including phenoxy) is 4. The molecule has 1 aromatic heterocycles. The largest absolute Gasteiger partial charge is 0.507 e. The van der Waals surface area contributed by atoms with Crippen molar-refractivity contribution in [2.45, 2.75) is 46.3 Å². The molecule has 340 valence electrons. The summed E-state index contributed by atoms with van der Waals surface area (Å²) >= 11 is 0. The Morgan fingerprint density at radius 2 is 1.08 bits per heavy atom. The fourth-order valence-corrected chi connectivity index (χ4v) is 9.44. The number of hydrogen-bond acceptors (Lipinski definition) is 13. The first-order chi connectivity index (χ1) is 31.7. The lowest BCUT2D eigenvalue weighted by atomic mass is 10.0. The zero-order valence-electron chi connectivity index (χ0n) is 37.2. The smallest absolute Gasteiger partial charge is 0.500 e. The van der Waals surface area contributed by atoms with Crippen molar-refractivity contribution < 1.29 is 46.9 Å². The summed E-state index contributed by atoms with van der Waals surface area (Å²) in [6, 6.07) is 41.4. The number of phenols is 1. The third-order valence-corrected chi connectivity index (χ3v) is 13.1. The molecule has 0 fully saturated rings. The summed E-state index contributed by atoms with van der Waals surface area (Å²) in [5, 5.41) is 14.0.